The molecule has 76 valence electrons. The molecule has 0 bridgehead atoms. The summed E-state index contributed by atoms with van der Waals surface area (Å²) in [5.41, 5.74) is 0.859. The molecule has 0 radical (unpaired) electrons. The monoisotopic (exact) mass is 215 g/mol. The molecule has 0 fully saturated rings. The van der Waals surface area contributed by atoms with Crippen molar-refractivity contribution in [1.29, 1.82) is 0 Å². The Balaban J connectivity index is 2.51. The molecule has 1 heterocycles. The van der Waals surface area contributed by atoms with Crippen molar-refractivity contribution in [2.24, 2.45) is 0 Å². The van der Waals surface area contributed by atoms with E-state index < -0.39 is 5.97 Å². The van der Waals surface area contributed by atoms with Gasteiger partial charge in [0, 0.05) is 12.3 Å². The fourth-order valence-corrected chi connectivity index (χ4v) is 0.946. The highest BCUT2D eigenvalue weighted by Crippen LogP contribution is 2.18. The Kier molecular flexibility index (Phi) is 3.71. The SMILES string of the molecule is Cc1cnc(OCCC(=O)O)cc1Cl. The maximum absolute atomic E-state index is 10.2. The number of hydrogen-bond acceptors (Lipinski definition) is 3. The minimum atomic E-state index is -0.900. The van der Waals surface area contributed by atoms with Crippen molar-refractivity contribution in [3.8, 4) is 5.88 Å². The lowest BCUT2D eigenvalue weighted by atomic mass is 10.3. The number of carboxylic acid groups (broad SMARTS) is 1. The molecule has 0 unspecified atom stereocenters. The average molecular weight is 216 g/mol. The minimum absolute atomic E-state index is 0.0484. The van der Waals surface area contributed by atoms with Crippen molar-refractivity contribution in [3.05, 3.63) is 22.8 Å². The summed E-state index contributed by atoms with van der Waals surface area (Å²) in [6.45, 7) is 1.93. The smallest absolute Gasteiger partial charge is 0.306 e. The summed E-state index contributed by atoms with van der Waals surface area (Å²) in [5.74, 6) is -0.551. The molecule has 0 aliphatic carbocycles. The first-order valence-electron chi connectivity index (χ1n) is 4.06. The normalized spacial score (nSPS) is 9.86. The van der Waals surface area contributed by atoms with E-state index in [0.29, 0.717) is 10.9 Å². The van der Waals surface area contributed by atoms with Crippen LogP contribution in [-0.2, 0) is 4.79 Å². The number of nitrogens with zero attached hydrogens (tertiary/aromatic N) is 1. The van der Waals surface area contributed by atoms with Crippen LogP contribution in [0.3, 0.4) is 0 Å². The molecular weight excluding hydrogens is 206 g/mol. The Morgan fingerprint density at radius 3 is 3.00 bits per heavy atom. The number of carbonyl (C=O) groups is 1. The maximum Gasteiger partial charge on any atom is 0.306 e. The summed E-state index contributed by atoms with van der Waals surface area (Å²) in [5, 5.41) is 8.92. The molecule has 0 saturated carbocycles. The third-order valence-corrected chi connectivity index (χ3v) is 1.99. The zero-order chi connectivity index (χ0) is 10.6. The molecule has 0 aromatic carbocycles. The number of halogens is 1. The van der Waals surface area contributed by atoms with Crippen molar-refractivity contribution >= 4 is 17.6 Å². The van der Waals surface area contributed by atoms with Crippen LogP contribution in [-0.4, -0.2) is 22.7 Å². The molecule has 14 heavy (non-hydrogen) atoms. The standard InChI is InChI=1S/C9H10ClNO3/c1-6-5-11-8(4-7(6)10)14-3-2-9(12)13/h4-5H,2-3H2,1H3,(H,12,13). The molecule has 1 aromatic rings. The van der Waals surface area contributed by atoms with E-state index in [-0.39, 0.29) is 13.0 Å². The highest BCUT2D eigenvalue weighted by atomic mass is 35.5. The van der Waals surface area contributed by atoms with Crippen LogP contribution < -0.4 is 4.74 Å². The van der Waals surface area contributed by atoms with E-state index in [1.165, 1.54) is 0 Å². The highest BCUT2D eigenvalue weighted by Gasteiger charge is 2.01. The second kappa shape index (κ2) is 4.81. The Morgan fingerprint density at radius 2 is 2.43 bits per heavy atom. The van der Waals surface area contributed by atoms with Gasteiger partial charge in [-0.3, -0.25) is 4.79 Å². The quantitative estimate of drug-likeness (QED) is 0.834. The number of rotatable bonds is 4. The van der Waals surface area contributed by atoms with Crippen molar-refractivity contribution in [2.75, 3.05) is 6.61 Å². The van der Waals surface area contributed by atoms with Crippen LogP contribution in [0.1, 0.15) is 12.0 Å². The largest absolute Gasteiger partial charge is 0.481 e. The molecule has 4 nitrogen and oxygen atoms in total. The Hall–Kier alpha value is -1.29. The van der Waals surface area contributed by atoms with Gasteiger partial charge in [0.05, 0.1) is 11.4 Å². The van der Waals surface area contributed by atoms with Gasteiger partial charge in [-0.15, -0.1) is 0 Å². The van der Waals surface area contributed by atoms with Crippen LogP contribution in [0.15, 0.2) is 12.3 Å². The van der Waals surface area contributed by atoms with Crippen molar-refractivity contribution in [2.45, 2.75) is 13.3 Å². The van der Waals surface area contributed by atoms with Crippen LogP contribution in [0, 0.1) is 6.92 Å². The number of aromatic nitrogens is 1. The van der Waals surface area contributed by atoms with E-state index in [0.717, 1.165) is 5.56 Å². The Morgan fingerprint density at radius 1 is 1.71 bits per heavy atom. The van der Waals surface area contributed by atoms with Crippen molar-refractivity contribution in [3.63, 3.8) is 0 Å². The minimum Gasteiger partial charge on any atom is -0.481 e. The molecule has 0 aliphatic rings. The third-order valence-electron chi connectivity index (χ3n) is 1.58. The van der Waals surface area contributed by atoms with Gasteiger partial charge in [0.1, 0.15) is 6.61 Å². The predicted octanol–water partition coefficient (Wildman–Crippen LogP) is 1.90. The summed E-state index contributed by atoms with van der Waals surface area (Å²) >= 11 is 5.82. The van der Waals surface area contributed by atoms with Crippen LogP contribution >= 0.6 is 11.6 Å². The van der Waals surface area contributed by atoms with Crippen molar-refractivity contribution in [1.82, 2.24) is 4.98 Å². The van der Waals surface area contributed by atoms with Gasteiger partial charge in [-0.25, -0.2) is 4.98 Å². The van der Waals surface area contributed by atoms with Crippen LogP contribution in [0.4, 0.5) is 0 Å². The molecular formula is C9H10ClNO3. The Labute approximate surface area is 86.5 Å². The summed E-state index contributed by atoms with van der Waals surface area (Å²) in [7, 11) is 0. The average Bonchev–Trinajstić information content (AvgIpc) is 2.10. The number of aliphatic carboxylic acids is 1. The zero-order valence-corrected chi connectivity index (χ0v) is 8.41. The molecule has 0 aliphatic heterocycles. The van der Waals surface area contributed by atoms with E-state index in [9.17, 15) is 4.79 Å². The molecule has 5 heteroatoms. The van der Waals surface area contributed by atoms with E-state index in [1.807, 2.05) is 6.92 Å². The summed E-state index contributed by atoms with van der Waals surface area (Å²) in [4.78, 5) is 14.1. The first kappa shape index (κ1) is 10.8. The molecule has 0 amide bonds. The summed E-state index contributed by atoms with van der Waals surface area (Å²) in [6.07, 6.45) is 1.53. The number of aryl methyl sites for hydroxylation is 1. The van der Waals surface area contributed by atoms with E-state index in [4.69, 9.17) is 21.4 Å². The summed E-state index contributed by atoms with van der Waals surface area (Å²) in [6, 6.07) is 1.57. The first-order chi connectivity index (χ1) is 6.59. The predicted molar refractivity (Wildman–Crippen MR) is 51.7 cm³/mol. The van der Waals surface area contributed by atoms with E-state index >= 15 is 0 Å². The van der Waals surface area contributed by atoms with Gasteiger partial charge in [0.15, 0.2) is 0 Å². The zero-order valence-electron chi connectivity index (χ0n) is 7.66. The molecule has 1 aromatic heterocycles. The lowest BCUT2D eigenvalue weighted by molar-refractivity contribution is -0.137. The summed E-state index contributed by atoms with van der Waals surface area (Å²) < 4.78 is 5.08. The Bertz CT molecular complexity index is 341. The maximum atomic E-state index is 10.2. The van der Waals surface area contributed by atoms with E-state index in [1.54, 1.807) is 12.3 Å². The van der Waals surface area contributed by atoms with Gasteiger partial charge in [0.25, 0.3) is 0 Å². The topological polar surface area (TPSA) is 59.4 Å². The lowest BCUT2D eigenvalue weighted by Crippen LogP contribution is -2.05. The second-order valence-corrected chi connectivity index (χ2v) is 3.17. The third kappa shape index (κ3) is 3.22. The molecule has 0 spiro atoms. The van der Waals surface area contributed by atoms with Crippen LogP contribution in [0.5, 0.6) is 5.88 Å². The van der Waals surface area contributed by atoms with Crippen LogP contribution in [0.2, 0.25) is 5.02 Å². The van der Waals surface area contributed by atoms with Crippen molar-refractivity contribution < 1.29 is 14.6 Å². The lowest BCUT2D eigenvalue weighted by Gasteiger charge is -2.04. The van der Waals surface area contributed by atoms with Gasteiger partial charge in [-0.05, 0) is 12.5 Å². The second-order valence-electron chi connectivity index (χ2n) is 2.76. The molecule has 1 N–H and O–H groups in total. The number of pyridine rings is 1. The van der Waals surface area contributed by atoms with Crippen LogP contribution in [0.25, 0.3) is 0 Å². The van der Waals surface area contributed by atoms with Gasteiger partial charge >= 0.3 is 5.97 Å². The van der Waals surface area contributed by atoms with Gasteiger partial charge in [-0.1, -0.05) is 11.6 Å². The fourth-order valence-electron chi connectivity index (χ4n) is 0.803. The van der Waals surface area contributed by atoms with Gasteiger partial charge < -0.3 is 9.84 Å². The first-order valence-corrected chi connectivity index (χ1v) is 4.44. The van der Waals surface area contributed by atoms with Gasteiger partial charge in [0.2, 0.25) is 5.88 Å². The molecule has 0 atom stereocenters. The van der Waals surface area contributed by atoms with Gasteiger partial charge in [-0.2, -0.15) is 0 Å². The van der Waals surface area contributed by atoms with E-state index in [2.05, 4.69) is 4.98 Å². The molecule has 0 saturated heterocycles. The number of carboxylic acids is 1. The highest BCUT2D eigenvalue weighted by molar-refractivity contribution is 6.31. The molecule has 1 rings (SSSR count). The number of ether oxygens (including phenoxy) is 1. The number of hydrogen-bond donors (Lipinski definition) is 1. The fraction of sp³-hybridized carbons (Fsp3) is 0.333.